The molecular weight excluding hydrogens is 464 g/mol. The SMILES string of the molecule is CCC(C)C(N)C(=O)NC(C(=O)NC(C(=O)NC(Cc1ccc(O)cc1)C(=O)O)C(C)CC)C(C)C. The van der Waals surface area contributed by atoms with Crippen LogP contribution in [0.25, 0.3) is 0 Å². The van der Waals surface area contributed by atoms with Crippen molar-refractivity contribution >= 4 is 23.7 Å². The van der Waals surface area contributed by atoms with Gasteiger partial charge in [-0.05, 0) is 35.4 Å². The Morgan fingerprint density at radius 2 is 1.31 bits per heavy atom. The first-order chi connectivity index (χ1) is 16.8. The van der Waals surface area contributed by atoms with Crippen LogP contribution in [0, 0.1) is 17.8 Å². The molecule has 0 aliphatic heterocycles. The van der Waals surface area contributed by atoms with Crippen molar-refractivity contribution in [3.8, 4) is 5.75 Å². The molecule has 10 nitrogen and oxygen atoms in total. The molecule has 0 radical (unpaired) electrons. The van der Waals surface area contributed by atoms with E-state index in [1.165, 1.54) is 12.1 Å². The first kappa shape index (κ1) is 30.9. The maximum Gasteiger partial charge on any atom is 0.326 e. The number of phenolic OH excluding ortho intramolecular Hbond substituents is 1. The van der Waals surface area contributed by atoms with Gasteiger partial charge in [0.05, 0.1) is 6.04 Å². The van der Waals surface area contributed by atoms with Crippen molar-refractivity contribution in [2.45, 2.75) is 85.0 Å². The largest absolute Gasteiger partial charge is 0.508 e. The molecule has 0 saturated heterocycles. The number of carbonyl (C=O) groups is 4. The van der Waals surface area contributed by atoms with Crippen molar-refractivity contribution in [2.24, 2.45) is 23.5 Å². The summed E-state index contributed by atoms with van der Waals surface area (Å²) in [6, 6.07) is 2.09. The van der Waals surface area contributed by atoms with Gasteiger partial charge < -0.3 is 31.9 Å². The van der Waals surface area contributed by atoms with E-state index in [1.54, 1.807) is 32.9 Å². The fourth-order valence-corrected chi connectivity index (χ4v) is 3.57. The molecule has 1 aromatic rings. The molecule has 1 rings (SSSR count). The smallest absolute Gasteiger partial charge is 0.326 e. The van der Waals surface area contributed by atoms with Gasteiger partial charge in [0.15, 0.2) is 0 Å². The number of carboxylic acid groups (broad SMARTS) is 1. The van der Waals surface area contributed by atoms with Crippen molar-refractivity contribution < 1.29 is 29.4 Å². The lowest BCUT2D eigenvalue weighted by molar-refractivity contribution is -0.142. The molecule has 36 heavy (non-hydrogen) atoms. The zero-order chi connectivity index (χ0) is 27.6. The minimum Gasteiger partial charge on any atom is -0.508 e. The first-order valence-corrected chi connectivity index (χ1v) is 12.5. The Kier molecular flexibility index (Phi) is 12.4. The highest BCUT2D eigenvalue weighted by Gasteiger charge is 2.34. The Morgan fingerprint density at radius 1 is 0.806 bits per heavy atom. The lowest BCUT2D eigenvalue weighted by Gasteiger charge is -2.30. The summed E-state index contributed by atoms with van der Waals surface area (Å²) in [6.07, 6.45) is 1.25. The predicted octanol–water partition coefficient (Wildman–Crippen LogP) is 1.55. The monoisotopic (exact) mass is 506 g/mol. The highest BCUT2D eigenvalue weighted by molar-refractivity contribution is 5.94. The average molecular weight is 507 g/mol. The van der Waals surface area contributed by atoms with Gasteiger partial charge in [0.25, 0.3) is 0 Å². The zero-order valence-corrected chi connectivity index (χ0v) is 22.1. The van der Waals surface area contributed by atoms with E-state index in [0.717, 1.165) is 0 Å². The molecule has 202 valence electrons. The van der Waals surface area contributed by atoms with Crippen LogP contribution in [0.3, 0.4) is 0 Å². The summed E-state index contributed by atoms with van der Waals surface area (Å²) in [5.41, 5.74) is 6.63. The molecule has 0 heterocycles. The molecule has 6 atom stereocenters. The van der Waals surface area contributed by atoms with Crippen LogP contribution in [0.1, 0.15) is 59.9 Å². The molecule has 0 aliphatic rings. The normalized spacial score (nSPS) is 16.2. The molecule has 10 heteroatoms. The molecule has 6 unspecified atom stereocenters. The van der Waals surface area contributed by atoms with E-state index in [0.29, 0.717) is 18.4 Å². The third-order valence-electron chi connectivity index (χ3n) is 6.59. The van der Waals surface area contributed by atoms with Gasteiger partial charge in [-0.15, -0.1) is 0 Å². The summed E-state index contributed by atoms with van der Waals surface area (Å²) in [4.78, 5) is 50.8. The Hall–Kier alpha value is -3.14. The minimum absolute atomic E-state index is 0.000698. The number of hydrogen-bond donors (Lipinski definition) is 6. The summed E-state index contributed by atoms with van der Waals surface area (Å²) < 4.78 is 0. The van der Waals surface area contributed by atoms with E-state index < -0.39 is 47.9 Å². The van der Waals surface area contributed by atoms with Gasteiger partial charge in [-0.25, -0.2) is 4.79 Å². The second-order valence-corrected chi connectivity index (χ2v) is 9.78. The standard InChI is InChI=1S/C26H42N4O6/c1-7-15(5)20(27)23(32)29-21(14(3)4)24(33)30-22(16(6)8-2)25(34)28-19(26(35)36)13-17-9-11-18(31)12-10-17/h9-12,14-16,19-22,31H,7-8,13,27H2,1-6H3,(H,28,34)(H,29,32)(H,30,33)(H,35,36). The van der Waals surface area contributed by atoms with Crippen LogP contribution in [-0.2, 0) is 25.6 Å². The van der Waals surface area contributed by atoms with Crippen LogP contribution in [0.5, 0.6) is 5.75 Å². The van der Waals surface area contributed by atoms with Gasteiger partial charge in [0.2, 0.25) is 17.7 Å². The third-order valence-corrected chi connectivity index (χ3v) is 6.59. The molecule has 0 aromatic heterocycles. The Bertz CT molecular complexity index is 889. The fraction of sp³-hybridized carbons (Fsp3) is 0.615. The Labute approximate surface area is 213 Å². The quantitative estimate of drug-likeness (QED) is 0.222. The van der Waals surface area contributed by atoms with E-state index in [4.69, 9.17) is 5.73 Å². The van der Waals surface area contributed by atoms with Crippen molar-refractivity contribution in [3.05, 3.63) is 29.8 Å². The van der Waals surface area contributed by atoms with Crippen molar-refractivity contribution in [2.75, 3.05) is 0 Å². The summed E-state index contributed by atoms with van der Waals surface area (Å²) in [5, 5.41) is 27.1. The average Bonchev–Trinajstić information content (AvgIpc) is 2.84. The highest BCUT2D eigenvalue weighted by atomic mass is 16.4. The first-order valence-electron chi connectivity index (χ1n) is 12.5. The Balaban J connectivity index is 3.02. The third kappa shape index (κ3) is 9.14. The van der Waals surface area contributed by atoms with Crippen LogP contribution in [0.4, 0.5) is 0 Å². The van der Waals surface area contributed by atoms with Crippen LogP contribution in [-0.4, -0.2) is 58.1 Å². The number of aliphatic carboxylic acids is 1. The second kappa shape index (κ2) is 14.4. The lowest BCUT2D eigenvalue weighted by Crippen LogP contribution is -2.60. The number of phenols is 1. The maximum absolute atomic E-state index is 13.2. The van der Waals surface area contributed by atoms with E-state index in [1.807, 2.05) is 20.8 Å². The van der Waals surface area contributed by atoms with E-state index >= 15 is 0 Å². The predicted molar refractivity (Wildman–Crippen MR) is 137 cm³/mol. The number of hydrogen-bond acceptors (Lipinski definition) is 6. The van der Waals surface area contributed by atoms with Gasteiger partial charge in [-0.1, -0.05) is 66.5 Å². The zero-order valence-electron chi connectivity index (χ0n) is 22.1. The van der Waals surface area contributed by atoms with Gasteiger partial charge in [0.1, 0.15) is 23.9 Å². The number of nitrogens with two attached hydrogens (primary N) is 1. The number of carboxylic acids is 1. The van der Waals surface area contributed by atoms with Crippen LogP contribution in [0.2, 0.25) is 0 Å². The van der Waals surface area contributed by atoms with E-state index in [2.05, 4.69) is 16.0 Å². The van der Waals surface area contributed by atoms with Gasteiger partial charge in [-0.2, -0.15) is 0 Å². The van der Waals surface area contributed by atoms with Gasteiger partial charge >= 0.3 is 5.97 Å². The van der Waals surface area contributed by atoms with Crippen LogP contribution < -0.4 is 21.7 Å². The number of amides is 3. The lowest BCUT2D eigenvalue weighted by atomic mass is 9.95. The topological polar surface area (TPSA) is 171 Å². The second-order valence-electron chi connectivity index (χ2n) is 9.78. The van der Waals surface area contributed by atoms with Crippen molar-refractivity contribution in [3.63, 3.8) is 0 Å². The van der Waals surface area contributed by atoms with Gasteiger partial charge in [-0.3, -0.25) is 14.4 Å². The number of aromatic hydroxyl groups is 1. The fourth-order valence-electron chi connectivity index (χ4n) is 3.57. The summed E-state index contributed by atoms with van der Waals surface area (Å²) in [7, 11) is 0. The number of nitrogens with one attached hydrogen (secondary N) is 3. The van der Waals surface area contributed by atoms with Gasteiger partial charge in [0, 0.05) is 6.42 Å². The minimum atomic E-state index is -1.24. The number of benzene rings is 1. The molecule has 0 fully saturated rings. The highest BCUT2D eigenvalue weighted by Crippen LogP contribution is 2.14. The molecule has 1 aromatic carbocycles. The summed E-state index contributed by atoms with van der Waals surface area (Å²) >= 11 is 0. The molecule has 0 bridgehead atoms. The molecular formula is C26H42N4O6. The van der Waals surface area contributed by atoms with Crippen LogP contribution >= 0.6 is 0 Å². The maximum atomic E-state index is 13.2. The molecule has 0 spiro atoms. The Morgan fingerprint density at radius 3 is 1.78 bits per heavy atom. The molecule has 7 N–H and O–H groups in total. The summed E-state index contributed by atoms with van der Waals surface area (Å²) in [6.45, 7) is 11.0. The van der Waals surface area contributed by atoms with E-state index in [-0.39, 0.29) is 29.9 Å². The van der Waals surface area contributed by atoms with Crippen molar-refractivity contribution in [1.82, 2.24) is 16.0 Å². The van der Waals surface area contributed by atoms with E-state index in [9.17, 15) is 29.4 Å². The molecule has 0 saturated carbocycles. The molecule has 0 aliphatic carbocycles. The molecule has 3 amide bonds. The summed E-state index contributed by atoms with van der Waals surface area (Å²) in [5.74, 6) is -3.44. The number of carbonyl (C=O) groups excluding carboxylic acids is 3. The number of rotatable bonds is 14. The van der Waals surface area contributed by atoms with Crippen molar-refractivity contribution in [1.29, 1.82) is 0 Å². The van der Waals surface area contributed by atoms with Crippen LogP contribution in [0.15, 0.2) is 24.3 Å².